The number of benzene rings is 1. The van der Waals surface area contributed by atoms with E-state index in [1.807, 2.05) is 12.1 Å². The molecule has 1 fully saturated rings. The zero-order valence-electron chi connectivity index (χ0n) is 8.87. The van der Waals surface area contributed by atoms with E-state index < -0.39 is 0 Å². The van der Waals surface area contributed by atoms with Gasteiger partial charge in [0.05, 0.1) is 6.61 Å². The fourth-order valence-electron chi connectivity index (χ4n) is 1.57. The normalized spacial score (nSPS) is 16.9. The molecule has 1 saturated carbocycles. The van der Waals surface area contributed by atoms with Crippen LogP contribution in [-0.2, 0) is 0 Å². The topological polar surface area (TPSA) is 49.3 Å². The van der Waals surface area contributed by atoms with Crippen LogP contribution >= 0.6 is 15.9 Å². The van der Waals surface area contributed by atoms with E-state index >= 15 is 0 Å². The molecule has 1 aromatic carbocycles. The Morgan fingerprint density at radius 2 is 2.25 bits per heavy atom. The van der Waals surface area contributed by atoms with Gasteiger partial charge in [-0.15, -0.1) is 0 Å². The maximum atomic E-state index is 11.8. The molecule has 0 atom stereocenters. The van der Waals surface area contributed by atoms with E-state index in [-0.39, 0.29) is 17.9 Å². The smallest absolute Gasteiger partial charge is 0.251 e. The largest absolute Gasteiger partial charge is 0.396 e. The molecular formula is C12H14BrNO2. The SMILES string of the molecule is O=C(NCC1(CO)CC1)c1cccc(Br)c1. The van der Waals surface area contributed by atoms with Crippen molar-refractivity contribution < 1.29 is 9.90 Å². The summed E-state index contributed by atoms with van der Waals surface area (Å²) in [5, 5.41) is 12.0. The lowest BCUT2D eigenvalue weighted by atomic mass is 10.1. The maximum Gasteiger partial charge on any atom is 0.251 e. The first-order valence-electron chi connectivity index (χ1n) is 5.30. The summed E-state index contributed by atoms with van der Waals surface area (Å²) in [4.78, 5) is 11.8. The molecule has 0 bridgehead atoms. The number of carbonyl (C=O) groups is 1. The van der Waals surface area contributed by atoms with Gasteiger partial charge in [-0.25, -0.2) is 0 Å². The average Bonchev–Trinajstić information content (AvgIpc) is 3.07. The molecule has 2 N–H and O–H groups in total. The molecule has 0 radical (unpaired) electrons. The van der Waals surface area contributed by atoms with Crippen LogP contribution in [0.1, 0.15) is 23.2 Å². The molecule has 86 valence electrons. The standard InChI is InChI=1S/C12H14BrNO2/c13-10-3-1-2-9(6-10)11(16)14-7-12(8-15)4-5-12/h1-3,6,15H,4-5,7-8H2,(H,14,16). The molecule has 0 unspecified atom stereocenters. The van der Waals surface area contributed by atoms with Crippen molar-refractivity contribution in [1.82, 2.24) is 5.32 Å². The molecule has 2 rings (SSSR count). The Morgan fingerprint density at radius 3 is 2.81 bits per heavy atom. The minimum Gasteiger partial charge on any atom is -0.396 e. The van der Waals surface area contributed by atoms with Crippen molar-refractivity contribution in [1.29, 1.82) is 0 Å². The first-order valence-corrected chi connectivity index (χ1v) is 6.09. The fourth-order valence-corrected chi connectivity index (χ4v) is 1.97. The van der Waals surface area contributed by atoms with Gasteiger partial charge < -0.3 is 10.4 Å². The lowest BCUT2D eigenvalue weighted by Gasteiger charge is -2.12. The van der Waals surface area contributed by atoms with Crippen molar-refractivity contribution in [2.75, 3.05) is 13.2 Å². The second-order valence-corrected chi connectivity index (χ2v) is 5.27. The van der Waals surface area contributed by atoms with Crippen LogP contribution < -0.4 is 5.32 Å². The highest BCUT2D eigenvalue weighted by molar-refractivity contribution is 9.10. The summed E-state index contributed by atoms with van der Waals surface area (Å²) in [6.45, 7) is 0.723. The Hall–Kier alpha value is -0.870. The number of aliphatic hydroxyl groups excluding tert-OH is 1. The predicted molar refractivity (Wildman–Crippen MR) is 65.2 cm³/mol. The number of aliphatic hydroxyl groups is 1. The Labute approximate surface area is 103 Å². The van der Waals surface area contributed by atoms with Gasteiger partial charge in [0.2, 0.25) is 0 Å². The lowest BCUT2D eigenvalue weighted by Crippen LogP contribution is -2.31. The van der Waals surface area contributed by atoms with E-state index in [1.54, 1.807) is 12.1 Å². The molecule has 0 spiro atoms. The van der Waals surface area contributed by atoms with Crippen LogP contribution in [0.25, 0.3) is 0 Å². The molecule has 16 heavy (non-hydrogen) atoms. The number of halogens is 1. The van der Waals surface area contributed by atoms with Crippen molar-refractivity contribution in [2.24, 2.45) is 5.41 Å². The molecule has 1 amide bonds. The van der Waals surface area contributed by atoms with Crippen molar-refractivity contribution in [3.05, 3.63) is 34.3 Å². The Bertz CT molecular complexity index is 402. The summed E-state index contributed by atoms with van der Waals surface area (Å²) in [5.41, 5.74) is 0.602. The fraction of sp³-hybridized carbons (Fsp3) is 0.417. The first kappa shape index (κ1) is 11.6. The summed E-state index contributed by atoms with van der Waals surface area (Å²) in [5.74, 6) is -0.0824. The lowest BCUT2D eigenvalue weighted by molar-refractivity contribution is 0.0935. The van der Waals surface area contributed by atoms with Gasteiger partial charge >= 0.3 is 0 Å². The Morgan fingerprint density at radius 1 is 1.50 bits per heavy atom. The number of hydrogen-bond donors (Lipinski definition) is 2. The van der Waals surface area contributed by atoms with Gasteiger partial charge in [0.1, 0.15) is 0 Å². The second kappa shape index (κ2) is 4.55. The molecule has 0 aromatic heterocycles. The number of amides is 1. The maximum absolute atomic E-state index is 11.8. The third kappa shape index (κ3) is 2.62. The van der Waals surface area contributed by atoms with Crippen LogP contribution in [0.3, 0.4) is 0 Å². The summed E-state index contributed by atoms with van der Waals surface area (Å²) >= 11 is 3.33. The van der Waals surface area contributed by atoms with Gasteiger partial charge in [-0.1, -0.05) is 22.0 Å². The van der Waals surface area contributed by atoms with Gasteiger partial charge in [0, 0.05) is 22.0 Å². The first-order chi connectivity index (χ1) is 7.65. The van der Waals surface area contributed by atoms with Gasteiger partial charge in [0.15, 0.2) is 0 Å². The van der Waals surface area contributed by atoms with Crippen LogP contribution in [0.2, 0.25) is 0 Å². The molecule has 4 heteroatoms. The van der Waals surface area contributed by atoms with E-state index in [9.17, 15) is 4.79 Å². The number of carbonyl (C=O) groups excluding carboxylic acids is 1. The van der Waals surface area contributed by atoms with E-state index in [1.165, 1.54) is 0 Å². The summed E-state index contributed by atoms with van der Waals surface area (Å²) in [7, 11) is 0. The van der Waals surface area contributed by atoms with Crippen molar-refractivity contribution in [2.45, 2.75) is 12.8 Å². The molecule has 0 aliphatic heterocycles. The Kier molecular flexibility index (Phi) is 3.30. The number of nitrogens with one attached hydrogen (secondary N) is 1. The zero-order valence-corrected chi connectivity index (χ0v) is 10.5. The summed E-state index contributed by atoms with van der Waals surface area (Å²) in [6.07, 6.45) is 2.00. The highest BCUT2D eigenvalue weighted by atomic mass is 79.9. The Balaban J connectivity index is 1.93. The number of hydrogen-bond acceptors (Lipinski definition) is 2. The molecule has 1 aliphatic carbocycles. The highest BCUT2D eigenvalue weighted by Gasteiger charge is 2.42. The molecule has 1 aromatic rings. The van der Waals surface area contributed by atoms with Crippen LogP contribution in [-0.4, -0.2) is 24.2 Å². The quantitative estimate of drug-likeness (QED) is 0.888. The summed E-state index contributed by atoms with van der Waals surface area (Å²) < 4.78 is 0.892. The van der Waals surface area contributed by atoms with Crippen LogP contribution in [0.15, 0.2) is 28.7 Å². The minimum absolute atomic E-state index is 0.0400. The third-order valence-corrected chi connectivity index (χ3v) is 3.50. The zero-order chi connectivity index (χ0) is 11.6. The predicted octanol–water partition coefficient (Wildman–Crippen LogP) is 1.95. The van der Waals surface area contributed by atoms with E-state index in [2.05, 4.69) is 21.2 Å². The van der Waals surface area contributed by atoms with Crippen LogP contribution in [0.5, 0.6) is 0 Å². The van der Waals surface area contributed by atoms with E-state index in [0.29, 0.717) is 12.1 Å². The highest BCUT2D eigenvalue weighted by Crippen LogP contribution is 2.44. The van der Waals surface area contributed by atoms with Crippen LogP contribution in [0, 0.1) is 5.41 Å². The van der Waals surface area contributed by atoms with Crippen LogP contribution in [0.4, 0.5) is 0 Å². The van der Waals surface area contributed by atoms with E-state index in [4.69, 9.17) is 5.11 Å². The van der Waals surface area contributed by atoms with Crippen molar-refractivity contribution in [3.8, 4) is 0 Å². The molecule has 0 saturated heterocycles. The van der Waals surface area contributed by atoms with Crippen molar-refractivity contribution in [3.63, 3.8) is 0 Å². The molecular weight excluding hydrogens is 270 g/mol. The van der Waals surface area contributed by atoms with Gasteiger partial charge in [-0.2, -0.15) is 0 Å². The average molecular weight is 284 g/mol. The van der Waals surface area contributed by atoms with Gasteiger partial charge in [-0.05, 0) is 31.0 Å². The van der Waals surface area contributed by atoms with Gasteiger partial charge in [-0.3, -0.25) is 4.79 Å². The molecule has 0 heterocycles. The van der Waals surface area contributed by atoms with Crippen molar-refractivity contribution >= 4 is 21.8 Å². The molecule has 3 nitrogen and oxygen atoms in total. The second-order valence-electron chi connectivity index (χ2n) is 4.35. The third-order valence-electron chi connectivity index (χ3n) is 3.00. The molecule has 1 aliphatic rings. The van der Waals surface area contributed by atoms with Gasteiger partial charge in [0.25, 0.3) is 5.91 Å². The number of rotatable bonds is 4. The summed E-state index contributed by atoms with van der Waals surface area (Å²) in [6, 6.07) is 7.28. The van der Waals surface area contributed by atoms with E-state index in [0.717, 1.165) is 17.3 Å². The monoisotopic (exact) mass is 283 g/mol. The minimum atomic E-state index is -0.0824.